The largest absolute Gasteiger partial charge is 0.326 e. The lowest BCUT2D eigenvalue weighted by atomic mass is 10.1. The van der Waals surface area contributed by atoms with Crippen LogP contribution in [0.25, 0.3) is 0 Å². The maximum absolute atomic E-state index is 11.4. The number of rotatable bonds is 6. The molecule has 4 heteroatoms. The standard InChI is InChI=1S/C18H21ClN2O/c1-3-18(22)21-17-10-6-15(7-11-17)13(2)20-12-14-4-8-16(19)9-5-14/h4-11,13,20H,3,12H2,1-2H3,(H,21,22). The van der Waals surface area contributed by atoms with Crippen molar-refractivity contribution in [3.05, 3.63) is 64.7 Å². The molecular weight excluding hydrogens is 296 g/mol. The van der Waals surface area contributed by atoms with Gasteiger partial charge in [0, 0.05) is 29.7 Å². The van der Waals surface area contributed by atoms with Crippen LogP contribution in [0.1, 0.15) is 37.4 Å². The molecule has 1 atom stereocenters. The van der Waals surface area contributed by atoms with E-state index in [2.05, 4.69) is 17.6 Å². The first-order valence-electron chi connectivity index (χ1n) is 7.46. The van der Waals surface area contributed by atoms with Crippen LogP contribution in [0.2, 0.25) is 5.02 Å². The Kier molecular flexibility index (Phi) is 5.99. The van der Waals surface area contributed by atoms with Crippen LogP contribution in [0.4, 0.5) is 5.69 Å². The summed E-state index contributed by atoms with van der Waals surface area (Å²) >= 11 is 5.88. The van der Waals surface area contributed by atoms with Crippen LogP contribution >= 0.6 is 11.6 Å². The second kappa shape index (κ2) is 7.97. The van der Waals surface area contributed by atoms with Gasteiger partial charge in [0.05, 0.1) is 0 Å². The van der Waals surface area contributed by atoms with Crippen molar-refractivity contribution in [2.45, 2.75) is 32.9 Å². The van der Waals surface area contributed by atoms with Crippen LogP contribution in [0.3, 0.4) is 0 Å². The molecule has 2 aromatic carbocycles. The third-order valence-electron chi connectivity index (χ3n) is 3.54. The van der Waals surface area contributed by atoms with Gasteiger partial charge < -0.3 is 10.6 Å². The summed E-state index contributed by atoms with van der Waals surface area (Å²) in [6.07, 6.45) is 0.487. The van der Waals surface area contributed by atoms with Crippen molar-refractivity contribution in [2.75, 3.05) is 5.32 Å². The number of halogens is 1. The fourth-order valence-electron chi connectivity index (χ4n) is 2.10. The molecule has 0 bridgehead atoms. The van der Waals surface area contributed by atoms with Crippen LogP contribution in [-0.4, -0.2) is 5.91 Å². The summed E-state index contributed by atoms with van der Waals surface area (Å²) in [6, 6.07) is 16.0. The molecule has 0 saturated carbocycles. The zero-order valence-electron chi connectivity index (χ0n) is 12.9. The second-order valence-corrected chi connectivity index (χ2v) is 5.69. The van der Waals surface area contributed by atoms with Gasteiger partial charge in [-0.25, -0.2) is 0 Å². The summed E-state index contributed by atoms with van der Waals surface area (Å²) in [5.41, 5.74) is 3.21. The molecule has 0 heterocycles. The van der Waals surface area contributed by atoms with Crippen molar-refractivity contribution in [1.82, 2.24) is 5.32 Å². The zero-order valence-corrected chi connectivity index (χ0v) is 13.7. The molecule has 0 saturated heterocycles. The van der Waals surface area contributed by atoms with Crippen molar-refractivity contribution in [3.63, 3.8) is 0 Å². The van der Waals surface area contributed by atoms with Crippen molar-refractivity contribution in [1.29, 1.82) is 0 Å². The Balaban J connectivity index is 1.90. The van der Waals surface area contributed by atoms with E-state index >= 15 is 0 Å². The van der Waals surface area contributed by atoms with E-state index in [0.717, 1.165) is 17.3 Å². The minimum absolute atomic E-state index is 0.0293. The lowest BCUT2D eigenvalue weighted by Crippen LogP contribution is -2.18. The molecule has 0 spiro atoms. The smallest absolute Gasteiger partial charge is 0.224 e. The number of carbonyl (C=O) groups is 1. The Bertz CT molecular complexity index is 608. The third kappa shape index (κ3) is 4.86. The molecule has 2 rings (SSSR count). The van der Waals surface area contributed by atoms with E-state index in [1.54, 1.807) is 0 Å². The maximum Gasteiger partial charge on any atom is 0.224 e. The predicted octanol–water partition coefficient (Wildman–Crippen LogP) is 4.54. The van der Waals surface area contributed by atoms with Crippen LogP contribution < -0.4 is 10.6 Å². The van der Waals surface area contributed by atoms with Crippen molar-refractivity contribution in [3.8, 4) is 0 Å². The second-order valence-electron chi connectivity index (χ2n) is 5.25. The SMILES string of the molecule is CCC(=O)Nc1ccc(C(C)NCc2ccc(Cl)cc2)cc1. The normalized spacial score (nSPS) is 12.0. The molecule has 0 aromatic heterocycles. The molecular formula is C18H21ClN2O. The molecule has 2 aromatic rings. The molecule has 116 valence electrons. The Labute approximate surface area is 136 Å². The number of nitrogens with one attached hydrogen (secondary N) is 2. The van der Waals surface area contributed by atoms with Gasteiger partial charge >= 0.3 is 0 Å². The van der Waals surface area contributed by atoms with Crippen LogP contribution in [0.15, 0.2) is 48.5 Å². The molecule has 2 N–H and O–H groups in total. The minimum Gasteiger partial charge on any atom is -0.326 e. The Morgan fingerprint density at radius 3 is 2.32 bits per heavy atom. The van der Waals surface area contributed by atoms with E-state index in [4.69, 9.17) is 11.6 Å². The average molecular weight is 317 g/mol. The maximum atomic E-state index is 11.4. The van der Waals surface area contributed by atoms with Gasteiger partial charge in [-0.05, 0) is 42.3 Å². The topological polar surface area (TPSA) is 41.1 Å². The lowest BCUT2D eigenvalue weighted by Gasteiger charge is -2.15. The average Bonchev–Trinajstić information content (AvgIpc) is 2.54. The van der Waals surface area contributed by atoms with E-state index < -0.39 is 0 Å². The van der Waals surface area contributed by atoms with Gasteiger partial charge in [-0.1, -0.05) is 42.8 Å². The molecule has 1 amide bonds. The summed E-state index contributed by atoms with van der Waals surface area (Å²) < 4.78 is 0. The van der Waals surface area contributed by atoms with Gasteiger partial charge in [0.1, 0.15) is 0 Å². The number of benzene rings is 2. The van der Waals surface area contributed by atoms with E-state index in [-0.39, 0.29) is 11.9 Å². The van der Waals surface area contributed by atoms with Gasteiger partial charge in [0.25, 0.3) is 0 Å². The summed E-state index contributed by atoms with van der Waals surface area (Å²) in [5.74, 6) is 0.0293. The lowest BCUT2D eigenvalue weighted by molar-refractivity contribution is -0.115. The number of anilines is 1. The van der Waals surface area contributed by atoms with Gasteiger partial charge in [-0.3, -0.25) is 4.79 Å². The van der Waals surface area contributed by atoms with Crippen molar-refractivity contribution < 1.29 is 4.79 Å². The highest BCUT2D eigenvalue weighted by atomic mass is 35.5. The van der Waals surface area contributed by atoms with Gasteiger partial charge in [0.15, 0.2) is 0 Å². The molecule has 0 fully saturated rings. The molecule has 22 heavy (non-hydrogen) atoms. The Morgan fingerprint density at radius 1 is 1.09 bits per heavy atom. The van der Waals surface area contributed by atoms with E-state index in [1.807, 2.05) is 55.5 Å². The first-order chi connectivity index (χ1) is 10.6. The fraction of sp³-hybridized carbons (Fsp3) is 0.278. The fourth-order valence-corrected chi connectivity index (χ4v) is 2.22. The predicted molar refractivity (Wildman–Crippen MR) is 92.1 cm³/mol. The first kappa shape index (κ1) is 16.5. The van der Waals surface area contributed by atoms with Crippen LogP contribution in [0, 0.1) is 0 Å². The van der Waals surface area contributed by atoms with Crippen LogP contribution in [0.5, 0.6) is 0 Å². The molecule has 0 aliphatic heterocycles. The molecule has 0 aliphatic rings. The van der Waals surface area contributed by atoms with Crippen molar-refractivity contribution in [2.24, 2.45) is 0 Å². The number of hydrogen-bond donors (Lipinski definition) is 2. The number of hydrogen-bond acceptors (Lipinski definition) is 2. The summed E-state index contributed by atoms with van der Waals surface area (Å²) in [6.45, 7) is 4.74. The number of amides is 1. The summed E-state index contributed by atoms with van der Waals surface area (Å²) in [5, 5.41) is 7.08. The summed E-state index contributed by atoms with van der Waals surface area (Å²) in [7, 11) is 0. The van der Waals surface area contributed by atoms with Gasteiger partial charge in [-0.15, -0.1) is 0 Å². The van der Waals surface area contributed by atoms with E-state index in [0.29, 0.717) is 6.42 Å². The molecule has 0 radical (unpaired) electrons. The highest BCUT2D eigenvalue weighted by molar-refractivity contribution is 6.30. The first-order valence-corrected chi connectivity index (χ1v) is 7.84. The molecule has 3 nitrogen and oxygen atoms in total. The Morgan fingerprint density at radius 2 is 1.73 bits per heavy atom. The third-order valence-corrected chi connectivity index (χ3v) is 3.79. The minimum atomic E-state index is 0.0293. The monoisotopic (exact) mass is 316 g/mol. The highest BCUT2D eigenvalue weighted by Crippen LogP contribution is 2.17. The molecule has 0 aliphatic carbocycles. The van der Waals surface area contributed by atoms with Gasteiger partial charge in [-0.2, -0.15) is 0 Å². The zero-order chi connectivity index (χ0) is 15.9. The quantitative estimate of drug-likeness (QED) is 0.821. The van der Waals surface area contributed by atoms with Crippen molar-refractivity contribution >= 4 is 23.2 Å². The highest BCUT2D eigenvalue weighted by Gasteiger charge is 2.06. The molecule has 1 unspecified atom stereocenters. The summed E-state index contributed by atoms with van der Waals surface area (Å²) in [4.78, 5) is 11.4. The Hall–Kier alpha value is -1.84. The van der Waals surface area contributed by atoms with E-state index in [9.17, 15) is 4.79 Å². The number of carbonyl (C=O) groups excluding carboxylic acids is 1. The van der Waals surface area contributed by atoms with Crippen LogP contribution in [-0.2, 0) is 11.3 Å². The van der Waals surface area contributed by atoms with Gasteiger partial charge in [0.2, 0.25) is 5.91 Å². The van der Waals surface area contributed by atoms with E-state index in [1.165, 1.54) is 11.1 Å².